The molecule has 2 heterocycles. The van der Waals surface area contributed by atoms with Crippen LogP contribution in [0.25, 0.3) is 0 Å². The maximum Gasteiger partial charge on any atom is 0.164 e. The van der Waals surface area contributed by atoms with E-state index in [1.165, 1.54) is 0 Å². The van der Waals surface area contributed by atoms with E-state index in [0.717, 1.165) is 24.1 Å². The van der Waals surface area contributed by atoms with Crippen molar-refractivity contribution in [2.75, 3.05) is 0 Å². The standard InChI is InChI=1S/C16H23N3O/c1-4-6-16(20)14-7-9-18(11-14)12-15-8-10-19(17-15)13(3)5-2/h7-11,13H,4-6,12H2,1-3H3. The second-order valence-electron chi connectivity index (χ2n) is 5.29. The van der Waals surface area contributed by atoms with Gasteiger partial charge in [-0.15, -0.1) is 0 Å². The maximum absolute atomic E-state index is 11.8. The van der Waals surface area contributed by atoms with Gasteiger partial charge in [0, 0.05) is 36.6 Å². The molecule has 2 aromatic rings. The first-order valence-corrected chi connectivity index (χ1v) is 7.37. The number of hydrogen-bond donors (Lipinski definition) is 0. The molecule has 0 radical (unpaired) electrons. The van der Waals surface area contributed by atoms with Crippen molar-refractivity contribution in [2.45, 2.75) is 52.6 Å². The molecule has 1 unspecified atom stereocenters. The minimum absolute atomic E-state index is 0.219. The summed E-state index contributed by atoms with van der Waals surface area (Å²) in [6.45, 7) is 7.05. The van der Waals surface area contributed by atoms with Crippen LogP contribution in [0.1, 0.15) is 62.1 Å². The summed E-state index contributed by atoms with van der Waals surface area (Å²) in [5, 5.41) is 4.58. The van der Waals surface area contributed by atoms with Gasteiger partial charge in [-0.1, -0.05) is 13.8 Å². The summed E-state index contributed by atoms with van der Waals surface area (Å²) in [7, 11) is 0. The zero-order chi connectivity index (χ0) is 14.5. The lowest BCUT2D eigenvalue weighted by Crippen LogP contribution is -2.06. The normalized spacial score (nSPS) is 12.6. The number of ketones is 1. The van der Waals surface area contributed by atoms with E-state index >= 15 is 0 Å². The SMILES string of the molecule is CCCC(=O)c1ccn(Cc2ccn(C(C)CC)n2)c1. The first kappa shape index (κ1) is 14.6. The predicted octanol–water partition coefficient (Wildman–Crippen LogP) is 3.69. The Morgan fingerprint density at radius 3 is 2.80 bits per heavy atom. The second-order valence-corrected chi connectivity index (χ2v) is 5.29. The van der Waals surface area contributed by atoms with Gasteiger partial charge >= 0.3 is 0 Å². The molecule has 0 N–H and O–H groups in total. The van der Waals surface area contributed by atoms with Gasteiger partial charge < -0.3 is 4.57 Å². The smallest absolute Gasteiger partial charge is 0.164 e. The molecular formula is C16H23N3O. The fourth-order valence-corrected chi connectivity index (χ4v) is 2.16. The lowest BCUT2D eigenvalue weighted by molar-refractivity contribution is 0.0981. The second kappa shape index (κ2) is 6.55. The molecular weight excluding hydrogens is 250 g/mol. The number of hydrogen-bond acceptors (Lipinski definition) is 2. The topological polar surface area (TPSA) is 39.8 Å². The van der Waals surface area contributed by atoms with Crippen LogP contribution in [-0.4, -0.2) is 20.1 Å². The number of nitrogens with zero attached hydrogens (tertiary/aromatic N) is 3. The first-order valence-electron chi connectivity index (χ1n) is 7.37. The van der Waals surface area contributed by atoms with Gasteiger partial charge in [-0.25, -0.2) is 0 Å². The quantitative estimate of drug-likeness (QED) is 0.722. The fraction of sp³-hybridized carbons (Fsp3) is 0.500. The molecule has 20 heavy (non-hydrogen) atoms. The van der Waals surface area contributed by atoms with Crippen molar-refractivity contribution in [3.63, 3.8) is 0 Å². The van der Waals surface area contributed by atoms with Gasteiger partial charge in [0.15, 0.2) is 5.78 Å². The van der Waals surface area contributed by atoms with Gasteiger partial charge in [0.2, 0.25) is 0 Å². The summed E-state index contributed by atoms with van der Waals surface area (Å²) >= 11 is 0. The van der Waals surface area contributed by atoms with E-state index in [0.29, 0.717) is 19.0 Å². The summed E-state index contributed by atoms with van der Waals surface area (Å²) in [6, 6.07) is 4.36. The van der Waals surface area contributed by atoms with Crippen molar-refractivity contribution in [1.29, 1.82) is 0 Å². The third-order valence-electron chi connectivity index (χ3n) is 3.60. The molecule has 0 fully saturated rings. The summed E-state index contributed by atoms with van der Waals surface area (Å²) < 4.78 is 4.02. The molecule has 2 aromatic heterocycles. The highest BCUT2D eigenvalue weighted by Crippen LogP contribution is 2.11. The van der Waals surface area contributed by atoms with Crippen LogP contribution in [0.15, 0.2) is 30.7 Å². The van der Waals surface area contributed by atoms with E-state index in [2.05, 4.69) is 18.9 Å². The van der Waals surface area contributed by atoms with Crippen molar-refractivity contribution < 1.29 is 4.79 Å². The van der Waals surface area contributed by atoms with E-state index in [-0.39, 0.29) is 5.78 Å². The molecule has 0 aliphatic rings. The van der Waals surface area contributed by atoms with E-state index in [1.807, 2.05) is 46.9 Å². The summed E-state index contributed by atoms with van der Waals surface area (Å²) in [5.41, 5.74) is 1.82. The molecule has 2 rings (SSSR count). The number of carbonyl (C=O) groups is 1. The molecule has 0 aromatic carbocycles. The molecule has 1 atom stereocenters. The highest BCUT2D eigenvalue weighted by Gasteiger charge is 2.08. The molecule has 0 aliphatic heterocycles. The minimum Gasteiger partial charge on any atom is -0.348 e. The molecule has 0 aliphatic carbocycles. The van der Waals surface area contributed by atoms with Crippen molar-refractivity contribution in [2.24, 2.45) is 0 Å². The molecule has 4 nitrogen and oxygen atoms in total. The Morgan fingerprint density at radius 2 is 2.10 bits per heavy atom. The Bertz CT molecular complexity index is 568. The summed E-state index contributed by atoms with van der Waals surface area (Å²) in [6.07, 6.45) is 8.47. The first-order chi connectivity index (χ1) is 9.63. The summed E-state index contributed by atoms with van der Waals surface area (Å²) in [4.78, 5) is 11.8. The lowest BCUT2D eigenvalue weighted by atomic mass is 10.1. The van der Waals surface area contributed by atoms with Gasteiger partial charge in [-0.2, -0.15) is 5.10 Å². The third kappa shape index (κ3) is 3.38. The number of rotatable bonds is 7. The van der Waals surface area contributed by atoms with E-state index in [1.54, 1.807) is 0 Å². The highest BCUT2D eigenvalue weighted by molar-refractivity contribution is 5.95. The van der Waals surface area contributed by atoms with Gasteiger partial charge in [0.05, 0.1) is 12.2 Å². The average molecular weight is 273 g/mol. The molecule has 4 heteroatoms. The lowest BCUT2D eigenvalue weighted by Gasteiger charge is -2.08. The van der Waals surface area contributed by atoms with E-state index < -0.39 is 0 Å². The van der Waals surface area contributed by atoms with Crippen LogP contribution in [0.3, 0.4) is 0 Å². The largest absolute Gasteiger partial charge is 0.348 e. The monoisotopic (exact) mass is 273 g/mol. The predicted molar refractivity (Wildman–Crippen MR) is 80.0 cm³/mol. The Hall–Kier alpha value is -1.84. The minimum atomic E-state index is 0.219. The molecule has 108 valence electrons. The number of aromatic nitrogens is 3. The number of carbonyl (C=O) groups excluding carboxylic acids is 1. The fourth-order valence-electron chi connectivity index (χ4n) is 2.16. The van der Waals surface area contributed by atoms with Gasteiger partial charge in [0.25, 0.3) is 0 Å². The summed E-state index contributed by atoms with van der Waals surface area (Å²) in [5.74, 6) is 0.219. The van der Waals surface area contributed by atoms with Crippen molar-refractivity contribution in [3.8, 4) is 0 Å². The molecule has 0 saturated carbocycles. The Balaban J connectivity index is 2.03. The van der Waals surface area contributed by atoms with Crippen molar-refractivity contribution >= 4 is 5.78 Å². The van der Waals surface area contributed by atoms with Gasteiger partial charge in [-0.05, 0) is 31.9 Å². The van der Waals surface area contributed by atoms with Crippen LogP contribution < -0.4 is 0 Å². The highest BCUT2D eigenvalue weighted by atomic mass is 16.1. The van der Waals surface area contributed by atoms with Crippen LogP contribution in [0.5, 0.6) is 0 Å². The molecule has 0 bridgehead atoms. The molecule has 0 spiro atoms. The van der Waals surface area contributed by atoms with Crippen molar-refractivity contribution in [3.05, 3.63) is 42.0 Å². The maximum atomic E-state index is 11.8. The van der Waals surface area contributed by atoms with Crippen LogP contribution in [0.2, 0.25) is 0 Å². The zero-order valence-corrected chi connectivity index (χ0v) is 12.5. The molecule has 0 amide bonds. The molecule has 0 saturated heterocycles. The van der Waals surface area contributed by atoms with Gasteiger partial charge in [-0.3, -0.25) is 9.48 Å². The number of Topliss-reactive ketones (excluding diaryl/α,β-unsaturated/α-hetero) is 1. The third-order valence-corrected chi connectivity index (χ3v) is 3.60. The Kier molecular flexibility index (Phi) is 4.77. The van der Waals surface area contributed by atoms with E-state index in [9.17, 15) is 4.79 Å². The average Bonchev–Trinajstić information content (AvgIpc) is 3.08. The van der Waals surface area contributed by atoms with Crippen LogP contribution in [-0.2, 0) is 6.54 Å². The van der Waals surface area contributed by atoms with Crippen LogP contribution in [0, 0.1) is 0 Å². The van der Waals surface area contributed by atoms with Crippen molar-refractivity contribution in [1.82, 2.24) is 14.3 Å². The zero-order valence-electron chi connectivity index (χ0n) is 12.5. The van der Waals surface area contributed by atoms with Crippen LogP contribution in [0.4, 0.5) is 0 Å². The Labute approximate surface area is 120 Å². The van der Waals surface area contributed by atoms with E-state index in [4.69, 9.17) is 0 Å². The Morgan fingerprint density at radius 1 is 1.30 bits per heavy atom. The van der Waals surface area contributed by atoms with Gasteiger partial charge in [0.1, 0.15) is 0 Å². The van der Waals surface area contributed by atoms with Crippen LogP contribution >= 0.6 is 0 Å².